The van der Waals surface area contributed by atoms with Gasteiger partial charge in [0, 0.05) is 37.9 Å². The lowest BCUT2D eigenvalue weighted by Crippen LogP contribution is -2.44. The lowest BCUT2D eigenvalue weighted by molar-refractivity contribution is 0.312. The standard InChI is InChI=1S/C18H20N6O2/c1-12-10-13(11-19-17(12)25)18-21-16(22-26-18)14-4-3-5-15(20-14)24-8-6-23(2)7-9-24/h3-5,10-11H,6-9H2,1-2H3,(H,19,25). The number of nitrogens with zero attached hydrogens (tertiary/aromatic N) is 5. The maximum atomic E-state index is 11.5. The van der Waals surface area contributed by atoms with Crippen LogP contribution in [0.5, 0.6) is 0 Å². The lowest BCUT2D eigenvalue weighted by Gasteiger charge is -2.33. The van der Waals surface area contributed by atoms with Crippen LogP contribution in [-0.2, 0) is 0 Å². The summed E-state index contributed by atoms with van der Waals surface area (Å²) in [6.07, 6.45) is 1.57. The normalized spacial score (nSPS) is 15.4. The van der Waals surface area contributed by atoms with Crippen LogP contribution in [0.2, 0.25) is 0 Å². The molecule has 1 aliphatic rings. The fourth-order valence-corrected chi connectivity index (χ4v) is 2.93. The molecule has 3 aromatic rings. The van der Waals surface area contributed by atoms with E-state index in [0.717, 1.165) is 32.0 Å². The average molecular weight is 352 g/mol. The Morgan fingerprint density at radius 3 is 2.73 bits per heavy atom. The van der Waals surface area contributed by atoms with Gasteiger partial charge >= 0.3 is 0 Å². The number of aromatic amines is 1. The Kier molecular flexibility index (Phi) is 4.26. The highest BCUT2D eigenvalue weighted by Gasteiger charge is 2.17. The van der Waals surface area contributed by atoms with Crippen molar-refractivity contribution in [3.05, 3.63) is 46.4 Å². The SMILES string of the molecule is Cc1cc(-c2nc(-c3cccc(N4CCN(C)CC4)n3)no2)c[nH]c1=O. The van der Waals surface area contributed by atoms with E-state index in [9.17, 15) is 4.79 Å². The topological polar surface area (TPSA) is 91.2 Å². The van der Waals surface area contributed by atoms with Crippen LogP contribution in [-0.4, -0.2) is 58.2 Å². The summed E-state index contributed by atoms with van der Waals surface area (Å²) in [7, 11) is 2.13. The highest BCUT2D eigenvalue weighted by atomic mass is 16.5. The number of anilines is 1. The zero-order chi connectivity index (χ0) is 18.1. The van der Waals surface area contributed by atoms with Crippen molar-refractivity contribution >= 4 is 5.82 Å². The molecule has 4 rings (SSSR count). The second-order valence-corrected chi connectivity index (χ2v) is 6.49. The van der Waals surface area contributed by atoms with Crippen LogP contribution in [0.3, 0.4) is 0 Å². The third kappa shape index (κ3) is 3.23. The third-order valence-corrected chi connectivity index (χ3v) is 4.55. The van der Waals surface area contributed by atoms with E-state index in [0.29, 0.717) is 28.5 Å². The Morgan fingerprint density at radius 2 is 1.96 bits per heavy atom. The molecule has 26 heavy (non-hydrogen) atoms. The summed E-state index contributed by atoms with van der Waals surface area (Å²) in [6.45, 7) is 5.66. The number of pyridine rings is 2. The minimum atomic E-state index is -0.130. The van der Waals surface area contributed by atoms with Crippen LogP contribution < -0.4 is 10.5 Å². The predicted octanol–water partition coefficient (Wildman–Crippen LogP) is 1.55. The number of rotatable bonds is 3. The quantitative estimate of drug-likeness (QED) is 0.764. The monoisotopic (exact) mass is 352 g/mol. The summed E-state index contributed by atoms with van der Waals surface area (Å²) < 4.78 is 5.36. The van der Waals surface area contributed by atoms with E-state index < -0.39 is 0 Å². The third-order valence-electron chi connectivity index (χ3n) is 4.55. The van der Waals surface area contributed by atoms with Crippen molar-refractivity contribution in [3.63, 3.8) is 0 Å². The number of aromatic nitrogens is 4. The lowest BCUT2D eigenvalue weighted by atomic mass is 10.2. The van der Waals surface area contributed by atoms with Gasteiger partial charge in [0.2, 0.25) is 5.82 Å². The van der Waals surface area contributed by atoms with E-state index >= 15 is 0 Å². The molecule has 1 aliphatic heterocycles. The minimum absolute atomic E-state index is 0.130. The number of aryl methyl sites for hydroxylation is 1. The molecule has 0 aliphatic carbocycles. The second kappa shape index (κ2) is 6.72. The molecule has 1 saturated heterocycles. The molecule has 0 radical (unpaired) electrons. The number of hydrogen-bond acceptors (Lipinski definition) is 7. The molecule has 0 saturated carbocycles. The van der Waals surface area contributed by atoms with E-state index in [1.54, 1.807) is 19.2 Å². The maximum Gasteiger partial charge on any atom is 0.259 e. The Morgan fingerprint density at radius 1 is 1.15 bits per heavy atom. The molecule has 8 nitrogen and oxygen atoms in total. The van der Waals surface area contributed by atoms with Gasteiger partial charge in [0.05, 0.1) is 5.56 Å². The van der Waals surface area contributed by atoms with Gasteiger partial charge in [-0.25, -0.2) is 4.98 Å². The zero-order valence-corrected chi connectivity index (χ0v) is 14.8. The second-order valence-electron chi connectivity index (χ2n) is 6.49. The van der Waals surface area contributed by atoms with Gasteiger partial charge in [-0.1, -0.05) is 11.2 Å². The van der Waals surface area contributed by atoms with Gasteiger partial charge in [-0.3, -0.25) is 4.79 Å². The molecule has 8 heteroatoms. The fourth-order valence-electron chi connectivity index (χ4n) is 2.93. The van der Waals surface area contributed by atoms with Crippen LogP contribution >= 0.6 is 0 Å². The van der Waals surface area contributed by atoms with Crippen molar-refractivity contribution in [1.29, 1.82) is 0 Å². The fraction of sp³-hybridized carbons (Fsp3) is 0.333. The smallest absolute Gasteiger partial charge is 0.259 e. The largest absolute Gasteiger partial charge is 0.354 e. The number of hydrogen-bond donors (Lipinski definition) is 1. The Balaban J connectivity index is 1.60. The molecule has 0 aromatic carbocycles. The molecular weight excluding hydrogens is 332 g/mol. The summed E-state index contributed by atoms with van der Waals surface area (Å²) in [5, 5.41) is 4.05. The number of H-pyrrole nitrogens is 1. The van der Waals surface area contributed by atoms with Crippen molar-refractivity contribution in [3.8, 4) is 23.0 Å². The molecule has 4 heterocycles. The van der Waals surface area contributed by atoms with Crippen LogP contribution in [0.15, 0.2) is 39.8 Å². The van der Waals surface area contributed by atoms with E-state index in [4.69, 9.17) is 9.51 Å². The van der Waals surface area contributed by atoms with E-state index in [1.807, 2.05) is 18.2 Å². The minimum Gasteiger partial charge on any atom is -0.354 e. The van der Waals surface area contributed by atoms with Crippen LogP contribution in [0.1, 0.15) is 5.56 Å². The molecule has 0 amide bonds. The number of nitrogens with one attached hydrogen (secondary N) is 1. The van der Waals surface area contributed by atoms with Gasteiger partial charge in [0.1, 0.15) is 11.5 Å². The van der Waals surface area contributed by atoms with Crippen molar-refractivity contribution in [2.45, 2.75) is 6.92 Å². The molecule has 1 fully saturated rings. The molecule has 0 bridgehead atoms. The summed E-state index contributed by atoms with van der Waals surface area (Å²) in [5.41, 5.74) is 1.81. The van der Waals surface area contributed by atoms with E-state index in [1.165, 1.54) is 0 Å². The number of likely N-dealkylation sites (N-methyl/N-ethyl adjacent to an activating group) is 1. The Bertz CT molecular complexity index is 972. The van der Waals surface area contributed by atoms with Crippen molar-refractivity contribution in [1.82, 2.24) is 25.0 Å². The summed E-state index contributed by atoms with van der Waals surface area (Å²) in [6, 6.07) is 7.55. The van der Waals surface area contributed by atoms with Crippen LogP contribution in [0.4, 0.5) is 5.82 Å². The maximum absolute atomic E-state index is 11.5. The van der Waals surface area contributed by atoms with Crippen molar-refractivity contribution < 1.29 is 4.52 Å². The van der Waals surface area contributed by atoms with Crippen molar-refractivity contribution in [2.75, 3.05) is 38.1 Å². The summed E-state index contributed by atoms with van der Waals surface area (Å²) >= 11 is 0. The first-order valence-corrected chi connectivity index (χ1v) is 8.54. The first-order valence-electron chi connectivity index (χ1n) is 8.54. The van der Waals surface area contributed by atoms with Gasteiger partial charge < -0.3 is 19.3 Å². The van der Waals surface area contributed by atoms with Gasteiger partial charge in [-0.2, -0.15) is 4.98 Å². The van der Waals surface area contributed by atoms with E-state index in [2.05, 4.69) is 32.0 Å². The Hall–Kier alpha value is -3.00. The predicted molar refractivity (Wildman–Crippen MR) is 98.0 cm³/mol. The van der Waals surface area contributed by atoms with Crippen molar-refractivity contribution in [2.24, 2.45) is 0 Å². The molecule has 0 spiro atoms. The first kappa shape index (κ1) is 16.5. The Labute approximate surface area is 150 Å². The van der Waals surface area contributed by atoms with Crippen LogP contribution in [0.25, 0.3) is 23.0 Å². The first-order chi connectivity index (χ1) is 12.6. The molecule has 0 unspecified atom stereocenters. The van der Waals surface area contributed by atoms with Gasteiger partial charge in [-0.05, 0) is 32.2 Å². The number of piperazine rings is 1. The molecule has 1 N–H and O–H groups in total. The highest BCUT2D eigenvalue weighted by molar-refractivity contribution is 5.58. The van der Waals surface area contributed by atoms with Gasteiger partial charge in [-0.15, -0.1) is 0 Å². The summed E-state index contributed by atoms with van der Waals surface area (Å²) in [4.78, 5) is 27.8. The van der Waals surface area contributed by atoms with E-state index in [-0.39, 0.29) is 5.56 Å². The molecular formula is C18H20N6O2. The van der Waals surface area contributed by atoms with Gasteiger partial charge in [0.15, 0.2) is 0 Å². The molecule has 3 aromatic heterocycles. The molecule has 134 valence electrons. The zero-order valence-electron chi connectivity index (χ0n) is 14.8. The van der Waals surface area contributed by atoms with Crippen LogP contribution in [0, 0.1) is 6.92 Å². The molecule has 0 atom stereocenters. The highest BCUT2D eigenvalue weighted by Crippen LogP contribution is 2.23. The average Bonchev–Trinajstić information content (AvgIpc) is 3.15. The van der Waals surface area contributed by atoms with Gasteiger partial charge in [0.25, 0.3) is 11.4 Å². The summed E-state index contributed by atoms with van der Waals surface area (Å²) in [5.74, 6) is 1.70.